The Bertz CT molecular complexity index is 716. The van der Waals surface area contributed by atoms with Crippen LogP contribution in [-0.4, -0.2) is 33.2 Å². The van der Waals surface area contributed by atoms with E-state index in [2.05, 4.69) is 38.8 Å². The van der Waals surface area contributed by atoms with Crippen LogP contribution in [0.5, 0.6) is 0 Å². The van der Waals surface area contributed by atoms with E-state index in [1.165, 1.54) is 6.92 Å². The fourth-order valence-electron chi connectivity index (χ4n) is 5.41. The average molecular weight is 476 g/mol. The molecule has 7 heteroatoms. The molecule has 0 bridgehead atoms. The zero-order chi connectivity index (χ0) is 18.4. The van der Waals surface area contributed by atoms with E-state index in [1.54, 1.807) is 6.08 Å². The molecule has 4 rings (SSSR count). The Labute approximate surface area is 163 Å². The van der Waals surface area contributed by atoms with Gasteiger partial charge in [0.1, 0.15) is 17.6 Å². The third-order valence-electron chi connectivity index (χ3n) is 6.73. The van der Waals surface area contributed by atoms with E-state index in [9.17, 15) is 14.4 Å². The van der Waals surface area contributed by atoms with Gasteiger partial charge in [-0.25, -0.2) is 0 Å². The van der Waals surface area contributed by atoms with Crippen LogP contribution in [0.15, 0.2) is 12.2 Å². The fourth-order valence-corrected chi connectivity index (χ4v) is 7.15. The van der Waals surface area contributed by atoms with Crippen molar-refractivity contribution in [1.29, 1.82) is 0 Å². The molecule has 7 atom stereocenters. The number of ether oxygens (including phenoxy) is 2. The third-order valence-corrected chi connectivity index (χ3v) is 8.70. The van der Waals surface area contributed by atoms with Gasteiger partial charge >= 0.3 is 11.9 Å². The predicted octanol–water partition coefficient (Wildman–Crippen LogP) is 3.14. The molecule has 0 amide bonds. The summed E-state index contributed by atoms with van der Waals surface area (Å²) in [5, 5.41) is 0. The smallest absolute Gasteiger partial charge is 0.315 e. The van der Waals surface area contributed by atoms with Gasteiger partial charge in [-0.3, -0.25) is 14.4 Å². The highest BCUT2D eigenvalue weighted by Crippen LogP contribution is 2.76. The summed E-state index contributed by atoms with van der Waals surface area (Å²) in [6.07, 6.45) is 3.69. The molecule has 1 aliphatic heterocycles. The summed E-state index contributed by atoms with van der Waals surface area (Å²) < 4.78 is 11.0. The van der Waals surface area contributed by atoms with Crippen LogP contribution in [-0.2, 0) is 23.9 Å². The summed E-state index contributed by atoms with van der Waals surface area (Å²) in [7, 11) is 0. The zero-order valence-corrected chi connectivity index (χ0v) is 17.4. The number of fused-ring (bicyclic) bond motifs is 3. The van der Waals surface area contributed by atoms with Crippen LogP contribution in [0.1, 0.15) is 33.6 Å². The van der Waals surface area contributed by atoms with Crippen molar-refractivity contribution < 1.29 is 23.9 Å². The van der Waals surface area contributed by atoms with Crippen LogP contribution in [0.3, 0.4) is 0 Å². The molecule has 1 spiro atoms. The number of halogens is 2. The Morgan fingerprint density at radius 1 is 1.36 bits per heavy atom. The number of carbonyl (C=O) groups is 3. The molecule has 5 nitrogen and oxygen atoms in total. The standard InChI is InChI=1S/C18H20Br2O5/c1-8-6-11-13(17(15(23)25-11)7-18(17,19)20)14(24-9(2)21)16(3)10(8)4-5-12(16)22/h4-5,8,10-11,13-14H,6-7H2,1-3H3/t8-,10+,11-,13-,14+,16+,17-/m1/s1. The van der Waals surface area contributed by atoms with Gasteiger partial charge in [0.2, 0.25) is 0 Å². The second-order valence-corrected chi connectivity index (χ2v) is 11.9. The molecule has 0 aromatic rings. The minimum Gasteiger partial charge on any atom is -0.461 e. The van der Waals surface area contributed by atoms with Crippen LogP contribution in [0.2, 0.25) is 0 Å². The highest BCUT2D eigenvalue weighted by Gasteiger charge is 2.82. The van der Waals surface area contributed by atoms with Crippen molar-refractivity contribution >= 4 is 49.6 Å². The highest BCUT2D eigenvalue weighted by molar-refractivity contribution is 9.25. The first-order valence-corrected chi connectivity index (χ1v) is 10.1. The molecule has 0 unspecified atom stereocenters. The second-order valence-electron chi connectivity index (χ2n) is 8.10. The summed E-state index contributed by atoms with van der Waals surface area (Å²) >= 11 is 7.17. The van der Waals surface area contributed by atoms with Crippen molar-refractivity contribution in [2.45, 2.75) is 49.1 Å². The van der Waals surface area contributed by atoms with Crippen LogP contribution in [0.25, 0.3) is 0 Å². The van der Waals surface area contributed by atoms with E-state index < -0.39 is 26.1 Å². The first-order chi connectivity index (χ1) is 11.6. The van der Waals surface area contributed by atoms with Gasteiger partial charge in [0, 0.05) is 6.92 Å². The van der Waals surface area contributed by atoms with E-state index in [-0.39, 0.29) is 35.6 Å². The molecule has 2 saturated carbocycles. The first-order valence-electron chi connectivity index (χ1n) is 8.54. The van der Waals surface area contributed by atoms with Gasteiger partial charge in [0.25, 0.3) is 0 Å². The third kappa shape index (κ3) is 2.08. The van der Waals surface area contributed by atoms with Crippen LogP contribution in [0, 0.1) is 28.6 Å². The SMILES string of the molecule is CC(=O)O[C@H]1[C@H]2[C@@H](C[C@@H](C)[C@@H]3C=CC(=O)[C@]31C)OC(=O)[C@@]21CC1(Br)Br. The summed E-state index contributed by atoms with van der Waals surface area (Å²) in [6, 6.07) is 0. The molecule has 0 aromatic heterocycles. The summed E-state index contributed by atoms with van der Waals surface area (Å²) in [6.45, 7) is 5.29. The lowest BCUT2D eigenvalue weighted by Crippen LogP contribution is -2.51. The van der Waals surface area contributed by atoms with Gasteiger partial charge in [-0.05, 0) is 37.7 Å². The number of ketones is 1. The number of esters is 2. The Kier molecular flexibility index (Phi) is 3.67. The van der Waals surface area contributed by atoms with Crippen LogP contribution < -0.4 is 0 Å². The van der Waals surface area contributed by atoms with Gasteiger partial charge < -0.3 is 9.47 Å². The van der Waals surface area contributed by atoms with Gasteiger partial charge in [0.05, 0.1) is 14.6 Å². The van der Waals surface area contributed by atoms with Gasteiger partial charge in [-0.15, -0.1) is 0 Å². The number of allylic oxidation sites excluding steroid dienone is 2. The van der Waals surface area contributed by atoms with Crippen molar-refractivity contribution in [2.75, 3.05) is 0 Å². The van der Waals surface area contributed by atoms with Crippen LogP contribution in [0.4, 0.5) is 0 Å². The van der Waals surface area contributed by atoms with Gasteiger partial charge in [0.15, 0.2) is 5.78 Å². The lowest BCUT2D eigenvalue weighted by Gasteiger charge is -2.40. The van der Waals surface area contributed by atoms with Crippen molar-refractivity contribution in [3.63, 3.8) is 0 Å². The first kappa shape index (κ1) is 17.7. The van der Waals surface area contributed by atoms with Crippen molar-refractivity contribution in [3.05, 3.63) is 12.2 Å². The minimum absolute atomic E-state index is 0.0375. The maximum absolute atomic E-state index is 12.9. The zero-order valence-electron chi connectivity index (χ0n) is 14.3. The Hall–Kier alpha value is -0.690. The van der Waals surface area contributed by atoms with E-state index in [4.69, 9.17) is 9.47 Å². The Morgan fingerprint density at radius 2 is 2.00 bits per heavy atom. The summed E-state index contributed by atoms with van der Waals surface area (Å²) in [4.78, 5) is 37.5. The monoisotopic (exact) mass is 474 g/mol. The summed E-state index contributed by atoms with van der Waals surface area (Å²) in [5.41, 5.74) is -1.68. The largest absolute Gasteiger partial charge is 0.461 e. The number of hydrogen-bond donors (Lipinski definition) is 0. The van der Waals surface area contributed by atoms with Crippen LogP contribution >= 0.6 is 31.9 Å². The molecule has 136 valence electrons. The van der Waals surface area contributed by atoms with Gasteiger partial charge in [-0.1, -0.05) is 44.9 Å². The summed E-state index contributed by atoms with van der Waals surface area (Å²) in [5.74, 6) is -1.01. The topological polar surface area (TPSA) is 69.7 Å². The minimum atomic E-state index is -0.871. The lowest BCUT2D eigenvalue weighted by atomic mass is 9.66. The van der Waals surface area contributed by atoms with Crippen molar-refractivity contribution in [3.8, 4) is 0 Å². The fraction of sp³-hybridized carbons (Fsp3) is 0.722. The molecule has 3 aliphatic carbocycles. The number of carbonyl (C=O) groups excluding carboxylic acids is 3. The van der Waals surface area contributed by atoms with Crippen molar-refractivity contribution in [2.24, 2.45) is 28.6 Å². The molecular weight excluding hydrogens is 456 g/mol. The normalized spacial score (nSPS) is 49.4. The van der Waals surface area contributed by atoms with E-state index in [0.717, 1.165) is 0 Å². The maximum Gasteiger partial charge on any atom is 0.315 e. The maximum atomic E-state index is 12.9. The molecule has 0 N–H and O–H groups in total. The van der Waals surface area contributed by atoms with E-state index in [1.807, 2.05) is 13.0 Å². The Morgan fingerprint density at radius 3 is 2.56 bits per heavy atom. The quantitative estimate of drug-likeness (QED) is 0.430. The Balaban J connectivity index is 1.88. The van der Waals surface area contributed by atoms with E-state index in [0.29, 0.717) is 12.8 Å². The average Bonchev–Trinajstić information content (AvgIpc) is 2.81. The predicted molar refractivity (Wildman–Crippen MR) is 96.1 cm³/mol. The molecule has 4 aliphatic rings. The van der Waals surface area contributed by atoms with Gasteiger partial charge in [-0.2, -0.15) is 0 Å². The molecule has 0 radical (unpaired) electrons. The highest BCUT2D eigenvalue weighted by atomic mass is 79.9. The molecule has 25 heavy (non-hydrogen) atoms. The second kappa shape index (κ2) is 5.18. The lowest BCUT2D eigenvalue weighted by molar-refractivity contribution is -0.166. The molecule has 0 aromatic carbocycles. The molecule has 3 fully saturated rings. The van der Waals surface area contributed by atoms with E-state index >= 15 is 0 Å². The molecular formula is C18H20Br2O5. The molecule has 1 saturated heterocycles. The van der Waals surface area contributed by atoms with Crippen molar-refractivity contribution in [1.82, 2.24) is 0 Å². The number of alkyl halides is 2. The number of rotatable bonds is 1. The molecule has 1 heterocycles. The number of hydrogen-bond acceptors (Lipinski definition) is 5.